The molecule has 3 aromatic rings. The lowest BCUT2D eigenvalue weighted by Gasteiger charge is -1.99. The molecule has 0 aliphatic carbocycles. The van der Waals surface area contributed by atoms with Gasteiger partial charge in [0.25, 0.3) is 0 Å². The Morgan fingerprint density at radius 2 is 1.81 bits per heavy atom. The van der Waals surface area contributed by atoms with Gasteiger partial charge in [0.05, 0.1) is 11.2 Å². The summed E-state index contributed by atoms with van der Waals surface area (Å²) >= 11 is 0. The normalized spacial score (nSPS) is 11.6. The van der Waals surface area contributed by atoms with Crippen LogP contribution in [0.25, 0.3) is 10.9 Å². The molecule has 1 aromatic heterocycles. The van der Waals surface area contributed by atoms with Crippen LogP contribution in [0.4, 0.5) is 15.8 Å². The third-order valence-electron chi connectivity index (χ3n) is 3.47. The summed E-state index contributed by atoms with van der Waals surface area (Å²) in [6.45, 7) is 4.01. The average molecular weight is 283 g/mol. The van der Waals surface area contributed by atoms with Gasteiger partial charge in [0.15, 0.2) is 5.69 Å². The van der Waals surface area contributed by atoms with Crippen LogP contribution < -0.4 is 0 Å². The van der Waals surface area contributed by atoms with E-state index in [2.05, 4.69) is 15.2 Å². The highest BCUT2D eigenvalue weighted by Crippen LogP contribution is 2.36. The van der Waals surface area contributed by atoms with Crippen molar-refractivity contribution in [3.8, 4) is 5.88 Å². The lowest BCUT2D eigenvalue weighted by molar-refractivity contribution is 0.459. The van der Waals surface area contributed by atoms with Crippen molar-refractivity contribution >= 4 is 22.3 Å². The van der Waals surface area contributed by atoms with Gasteiger partial charge in [-0.25, -0.2) is 4.39 Å². The van der Waals surface area contributed by atoms with E-state index >= 15 is 0 Å². The van der Waals surface area contributed by atoms with E-state index < -0.39 is 0 Å². The molecule has 1 heterocycles. The largest absolute Gasteiger partial charge is 0.493 e. The Kier molecular flexibility index (Phi) is 3.17. The summed E-state index contributed by atoms with van der Waals surface area (Å²) in [6.07, 6.45) is 0. The number of azo groups is 1. The molecular formula is C16H14FN3O. The molecule has 0 fully saturated rings. The molecule has 106 valence electrons. The predicted molar refractivity (Wildman–Crippen MR) is 80.0 cm³/mol. The van der Waals surface area contributed by atoms with Crippen LogP contribution in [0.15, 0.2) is 46.6 Å². The van der Waals surface area contributed by atoms with Gasteiger partial charge in [0.2, 0.25) is 5.88 Å². The van der Waals surface area contributed by atoms with Gasteiger partial charge in [-0.05, 0) is 55.3 Å². The van der Waals surface area contributed by atoms with Crippen molar-refractivity contribution in [2.45, 2.75) is 13.8 Å². The standard InChI is InChI=1S/C16H14FN3O/c1-9-3-5-12(7-10(9)2)19-20-15-13-8-11(17)4-6-14(13)18-16(15)21/h3-8,18,21H,1-2H3. The van der Waals surface area contributed by atoms with Crippen LogP contribution in [0.2, 0.25) is 0 Å². The molecule has 5 heteroatoms. The van der Waals surface area contributed by atoms with Crippen LogP contribution in [0, 0.1) is 19.7 Å². The van der Waals surface area contributed by atoms with Gasteiger partial charge in [-0.2, -0.15) is 5.11 Å². The molecule has 21 heavy (non-hydrogen) atoms. The fraction of sp³-hybridized carbons (Fsp3) is 0.125. The minimum absolute atomic E-state index is 0.122. The maximum Gasteiger partial charge on any atom is 0.218 e. The molecule has 0 aliphatic rings. The minimum atomic E-state index is -0.385. The van der Waals surface area contributed by atoms with E-state index in [1.165, 1.54) is 17.7 Å². The second kappa shape index (κ2) is 5.01. The third-order valence-corrected chi connectivity index (χ3v) is 3.47. The Labute approximate surface area is 121 Å². The molecule has 4 nitrogen and oxygen atoms in total. The average Bonchev–Trinajstić information content (AvgIpc) is 2.75. The molecular weight excluding hydrogens is 269 g/mol. The second-order valence-corrected chi connectivity index (χ2v) is 4.98. The summed E-state index contributed by atoms with van der Waals surface area (Å²) in [5.41, 5.74) is 3.82. The van der Waals surface area contributed by atoms with Gasteiger partial charge < -0.3 is 10.1 Å². The molecule has 0 aliphatic heterocycles. The van der Waals surface area contributed by atoms with Gasteiger partial charge in [-0.15, -0.1) is 5.11 Å². The van der Waals surface area contributed by atoms with Crippen molar-refractivity contribution in [1.29, 1.82) is 0 Å². The lowest BCUT2D eigenvalue weighted by Crippen LogP contribution is -1.77. The van der Waals surface area contributed by atoms with Crippen molar-refractivity contribution in [1.82, 2.24) is 4.98 Å². The third kappa shape index (κ3) is 2.50. The summed E-state index contributed by atoms with van der Waals surface area (Å²) in [5.74, 6) is -0.507. The molecule has 0 bridgehead atoms. The number of benzene rings is 2. The van der Waals surface area contributed by atoms with Crippen molar-refractivity contribution in [2.24, 2.45) is 10.2 Å². The SMILES string of the molecule is Cc1ccc(N=Nc2c(O)[nH]c3ccc(F)cc23)cc1C. The Morgan fingerprint density at radius 1 is 1.00 bits per heavy atom. The summed E-state index contributed by atoms with van der Waals surface area (Å²) in [4.78, 5) is 2.75. The Balaban J connectivity index is 2.04. The molecule has 0 saturated heterocycles. The first-order chi connectivity index (χ1) is 10.0. The highest BCUT2D eigenvalue weighted by molar-refractivity contribution is 5.94. The van der Waals surface area contributed by atoms with Crippen molar-refractivity contribution in [2.75, 3.05) is 0 Å². The van der Waals surface area contributed by atoms with Crippen LogP contribution in [0.5, 0.6) is 5.88 Å². The van der Waals surface area contributed by atoms with E-state index in [9.17, 15) is 9.50 Å². The number of nitrogens with one attached hydrogen (secondary N) is 1. The van der Waals surface area contributed by atoms with Crippen molar-refractivity contribution < 1.29 is 9.50 Å². The molecule has 2 N–H and O–H groups in total. The predicted octanol–water partition coefficient (Wildman–Crippen LogP) is 5.04. The molecule has 0 spiro atoms. The number of nitrogens with zero attached hydrogens (tertiary/aromatic N) is 2. The molecule has 0 saturated carbocycles. The zero-order chi connectivity index (χ0) is 15.0. The number of hydrogen-bond donors (Lipinski definition) is 2. The van der Waals surface area contributed by atoms with Gasteiger partial charge in [0, 0.05) is 5.39 Å². The number of aryl methyl sites for hydroxylation is 2. The van der Waals surface area contributed by atoms with Crippen LogP contribution in [0.1, 0.15) is 11.1 Å². The quantitative estimate of drug-likeness (QED) is 0.635. The van der Waals surface area contributed by atoms with E-state index in [4.69, 9.17) is 0 Å². The van der Waals surface area contributed by atoms with Crippen LogP contribution >= 0.6 is 0 Å². The monoisotopic (exact) mass is 283 g/mol. The fourth-order valence-corrected chi connectivity index (χ4v) is 2.13. The summed E-state index contributed by atoms with van der Waals surface area (Å²) in [7, 11) is 0. The van der Waals surface area contributed by atoms with E-state index in [0.717, 1.165) is 5.56 Å². The maximum atomic E-state index is 13.3. The first-order valence-electron chi connectivity index (χ1n) is 6.54. The van der Waals surface area contributed by atoms with Crippen molar-refractivity contribution in [3.05, 3.63) is 53.3 Å². The number of H-pyrrole nitrogens is 1. The number of halogens is 1. The van der Waals surface area contributed by atoms with E-state index in [-0.39, 0.29) is 17.4 Å². The Morgan fingerprint density at radius 3 is 2.57 bits per heavy atom. The first kappa shape index (κ1) is 13.3. The van der Waals surface area contributed by atoms with Crippen LogP contribution in [0.3, 0.4) is 0 Å². The molecule has 0 unspecified atom stereocenters. The summed E-state index contributed by atoms with van der Waals surface area (Å²) < 4.78 is 13.3. The highest BCUT2D eigenvalue weighted by atomic mass is 19.1. The maximum absolute atomic E-state index is 13.3. The van der Waals surface area contributed by atoms with Gasteiger partial charge in [-0.1, -0.05) is 6.07 Å². The molecule has 0 amide bonds. The van der Waals surface area contributed by atoms with Gasteiger partial charge in [0.1, 0.15) is 5.82 Å². The number of aromatic amines is 1. The number of rotatable bonds is 2. The lowest BCUT2D eigenvalue weighted by atomic mass is 10.1. The number of aromatic hydroxyl groups is 1. The Hall–Kier alpha value is -2.69. The summed E-state index contributed by atoms with van der Waals surface area (Å²) in [6, 6.07) is 9.91. The van der Waals surface area contributed by atoms with Gasteiger partial charge in [-0.3, -0.25) is 0 Å². The number of hydrogen-bond acceptors (Lipinski definition) is 3. The fourth-order valence-electron chi connectivity index (χ4n) is 2.13. The van der Waals surface area contributed by atoms with E-state index in [1.807, 2.05) is 32.0 Å². The smallest absolute Gasteiger partial charge is 0.218 e. The van der Waals surface area contributed by atoms with Gasteiger partial charge >= 0.3 is 0 Å². The van der Waals surface area contributed by atoms with E-state index in [0.29, 0.717) is 16.6 Å². The number of fused-ring (bicyclic) bond motifs is 1. The highest BCUT2D eigenvalue weighted by Gasteiger charge is 2.11. The van der Waals surface area contributed by atoms with E-state index in [1.54, 1.807) is 6.07 Å². The zero-order valence-electron chi connectivity index (χ0n) is 11.7. The first-order valence-corrected chi connectivity index (χ1v) is 6.54. The summed E-state index contributed by atoms with van der Waals surface area (Å²) in [5, 5.41) is 18.5. The van der Waals surface area contributed by atoms with Crippen LogP contribution in [-0.2, 0) is 0 Å². The topological polar surface area (TPSA) is 60.7 Å². The van der Waals surface area contributed by atoms with Crippen molar-refractivity contribution in [3.63, 3.8) is 0 Å². The molecule has 2 aromatic carbocycles. The molecule has 0 radical (unpaired) electrons. The zero-order valence-corrected chi connectivity index (χ0v) is 11.7. The minimum Gasteiger partial charge on any atom is -0.493 e. The number of aromatic nitrogens is 1. The Bertz CT molecular complexity index is 852. The molecule has 0 atom stereocenters. The second-order valence-electron chi connectivity index (χ2n) is 4.98. The molecule has 3 rings (SSSR count). The van der Waals surface area contributed by atoms with Crippen LogP contribution in [-0.4, -0.2) is 10.1 Å².